The molecule has 1 aromatic heterocycles. The second-order valence-corrected chi connectivity index (χ2v) is 7.53. The molecule has 5 nitrogen and oxygen atoms in total. The first-order valence-electron chi connectivity index (χ1n) is 7.10. The zero-order chi connectivity index (χ0) is 14.9. The van der Waals surface area contributed by atoms with Crippen molar-refractivity contribution in [1.82, 2.24) is 15.3 Å². The number of aromatic amines is 1. The molecular weight excluding hydrogens is 286 g/mol. The average molecular weight is 305 g/mol. The fourth-order valence-corrected chi connectivity index (χ4v) is 2.83. The van der Waals surface area contributed by atoms with Crippen molar-refractivity contribution in [2.75, 3.05) is 12.8 Å². The second kappa shape index (κ2) is 5.61. The van der Waals surface area contributed by atoms with E-state index in [4.69, 9.17) is 0 Å². The van der Waals surface area contributed by atoms with E-state index in [1.54, 1.807) is 30.5 Å². The minimum Gasteiger partial charge on any atom is -0.342 e. The van der Waals surface area contributed by atoms with Crippen molar-refractivity contribution in [3.63, 3.8) is 0 Å². The third-order valence-electron chi connectivity index (χ3n) is 3.59. The van der Waals surface area contributed by atoms with Gasteiger partial charge >= 0.3 is 0 Å². The number of H-pyrrole nitrogens is 1. The Bertz CT molecular complexity index is 716. The SMILES string of the molecule is CS(=O)(=O)c1ccc(-c2cnc(CCNC3CC3)[nH]2)cc1. The predicted molar refractivity (Wildman–Crippen MR) is 81.9 cm³/mol. The molecule has 1 aliphatic carbocycles. The summed E-state index contributed by atoms with van der Waals surface area (Å²) in [7, 11) is -3.14. The molecule has 0 radical (unpaired) electrons. The van der Waals surface area contributed by atoms with E-state index in [0.29, 0.717) is 10.9 Å². The van der Waals surface area contributed by atoms with E-state index in [2.05, 4.69) is 15.3 Å². The van der Waals surface area contributed by atoms with Crippen LogP contribution >= 0.6 is 0 Å². The fourth-order valence-electron chi connectivity index (χ4n) is 2.20. The Balaban J connectivity index is 1.67. The topological polar surface area (TPSA) is 74.8 Å². The molecule has 0 bridgehead atoms. The van der Waals surface area contributed by atoms with E-state index < -0.39 is 9.84 Å². The zero-order valence-corrected chi connectivity index (χ0v) is 12.8. The van der Waals surface area contributed by atoms with Crippen LogP contribution in [0, 0.1) is 0 Å². The largest absolute Gasteiger partial charge is 0.342 e. The van der Waals surface area contributed by atoms with Crippen molar-refractivity contribution in [3.05, 3.63) is 36.3 Å². The Morgan fingerprint density at radius 1 is 1.29 bits per heavy atom. The van der Waals surface area contributed by atoms with Gasteiger partial charge in [0.2, 0.25) is 0 Å². The highest BCUT2D eigenvalue weighted by Crippen LogP contribution is 2.20. The molecule has 1 aromatic carbocycles. The highest BCUT2D eigenvalue weighted by molar-refractivity contribution is 7.90. The molecule has 0 aliphatic heterocycles. The minimum atomic E-state index is -3.14. The summed E-state index contributed by atoms with van der Waals surface area (Å²) >= 11 is 0. The summed E-state index contributed by atoms with van der Waals surface area (Å²) in [6.45, 7) is 0.935. The number of benzene rings is 1. The molecule has 2 aromatic rings. The molecule has 1 fully saturated rings. The predicted octanol–water partition coefficient (Wildman–Crippen LogP) is 1.77. The number of imidazole rings is 1. The maximum Gasteiger partial charge on any atom is 0.175 e. The number of sulfone groups is 1. The molecule has 112 valence electrons. The smallest absolute Gasteiger partial charge is 0.175 e. The van der Waals surface area contributed by atoms with Gasteiger partial charge in [0, 0.05) is 25.3 Å². The normalized spacial score (nSPS) is 15.3. The molecule has 2 N–H and O–H groups in total. The third kappa shape index (κ3) is 3.71. The van der Waals surface area contributed by atoms with Crippen LogP contribution in [0.15, 0.2) is 35.4 Å². The molecule has 0 spiro atoms. The van der Waals surface area contributed by atoms with Gasteiger partial charge in [-0.1, -0.05) is 12.1 Å². The molecule has 21 heavy (non-hydrogen) atoms. The van der Waals surface area contributed by atoms with Crippen LogP contribution in [0.5, 0.6) is 0 Å². The summed E-state index contributed by atoms with van der Waals surface area (Å²) < 4.78 is 22.9. The zero-order valence-electron chi connectivity index (χ0n) is 12.0. The van der Waals surface area contributed by atoms with Crippen LogP contribution < -0.4 is 5.32 Å². The van der Waals surface area contributed by atoms with E-state index in [1.807, 2.05) is 0 Å². The standard InChI is InChI=1S/C15H19N3O2S/c1-21(19,20)13-6-2-11(3-7-13)14-10-17-15(18-14)8-9-16-12-4-5-12/h2-3,6-7,10,12,16H,4-5,8-9H2,1H3,(H,17,18). The van der Waals surface area contributed by atoms with E-state index in [0.717, 1.165) is 30.0 Å². The monoisotopic (exact) mass is 305 g/mol. The Morgan fingerprint density at radius 2 is 2.00 bits per heavy atom. The highest BCUT2D eigenvalue weighted by Gasteiger charge is 2.19. The number of aromatic nitrogens is 2. The maximum atomic E-state index is 11.4. The molecule has 0 unspecified atom stereocenters. The van der Waals surface area contributed by atoms with Gasteiger partial charge in [-0.05, 0) is 30.5 Å². The van der Waals surface area contributed by atoms with Crippen LogP contribution in [0.3, 0.4) is 0 Å². The fraction of sp³-hybridized carbons (Fsp3) is 0.400. The molecule has 3 rings (SSSR count). The quantitative estimate of drug-likeness (QED) is 0.853. The lowest BCUT2D eigenvalue weighted by atomic mass is 10.2. The van der Waals surface area contributed by atoms with Gasteiger partial charge in [-0.25, -0.2) is 13.4 Å². The van der Waals surface area contributed by atoms with Gasteiger partial charge in [0.15, 0.2) is 9.84 Å². The molecule has 1 saturated carbocycles. The van der Waals surface area contributed by atoms with E-state index >= 15 is 0 Å². The van der Waals surface area contributed by atoms with Gasteiger partial charge in [0.1, 0.15) is 5.82 Å². The summed E-state index contributed by atoms with van der Waals surface area (Å²) in [5, 5.41) is 3.45. The van der Waals surface area contributed by atoms with Gasteiger partial charge in [0.25, 0.3) is 0 Å². The lowest BCUT2D eigenvalue weighted by Crippen LogP contribution is -2.19. The van der Waals surface area contributed by atoms with Crippen molar-refractivity contribution < 1.29 is 8.42 Å². The van der Waals surface area contributed by atoms with Crippen LogP contribution in [-0.2, 0) is 16.3 Å². The van der Waals surface area contributed by atoms with Crippen LogP contribution in [0.25, 0.3) is 11.3 Å². The summed E-state index contributed by atoms with van der Waals surface area (Å²) in [5.41, 5.74) is 1.85. The second-order valence-electron chi connectivity index (χ2n) is 5.52. The minimum absolute atomic E-state index is 0.333. The molecular formula is C15H19N3O2S. The van der Waals surface area contributed by atoms with Gasteiger partial charge in [-0.2, -0.15) is 0 Å². The Kier molecular flexibility index (Phi) is 3.82. The molecule has 0 saturated heterocycles. The van der Waals surface area contributed by atoms with E-state index in [-0.39, 0.29) is 0 Å². The number of rotatable bonds is 6. The number of hydrogen-bond acceptors (Lipinski definition) is 4. The van der Waals surface area contributed by atoms with Gasteiger partial charge in [0.05, 0.1) is 16.8 Å². The first-order valence-corrected chi connectivity index (χ1v) is 8.99. The first kappa shape index (κ1) is 14.3. The van der Waals surface area contributed by atoms with Crippen LogP contribution in [-0.4, -0.2) is 37.2 Å². The Hall–Kier alpha value is -1.66. The van der Waals surface area contributed by atoms with Crippen LogP contribution in [0.2, 0.25) is 0 Å². The van der Waals surface area contributed by atoms with Crippen molar-refractivity contribution in [2.45, 2.75) is 30.2 Å². The van der Waals surface area contributed by atoms with E-state index in [9.17, 15) is 8.42 Å². The summed E-state index contributed by atoms with van der Waals surface area (Å²) in [6.07, 6.45) is 6.45. The van der Waals surface area contributed by atoms with Crippen molar-refractivity contribution >= 4 is 9.84 Å². The van der Waals surface area contributed by atoms with Crippen molar-refractivity contribution in [2.24, 2.45) is 0 Å². The van der Waals surface area contributed by atoms with Crippen LogP contribution in [0.4, 0.5) is 0 Å². The summed E-state index contributed by atoms with van der Waals surface area (Å²) in [5.74, 6) is 0.949. The maximum absolute atomic E-state index is 11.4. The molecule has 1 heterocycles. The average Bonchev–Trinajstić information content (AvgIpc) is 3.14. The number of hydrogen-bond donors (Lipinski definition) is 2. The number of nitrogens with zero attached hydrogens (tertiary/aromatic N) is 1. The number of nitrogens with one attached hydrogen (secondary N) is 2. The van der Waals surface area contributed by atoms with Crippen LogP contribution in [0.1, 0.15) is 18.7 Å². The molecule has 0 amide bonds. The summed E-state index contributed by atoms with van der Waals surface area (Å²) in [6, 6.07) is 7.56. The Morgan fingerprint density at radius 3 is 2.62 bits per heavy atom. The lowest BCUT2D eigenvalue weighted by Gasteiger charge is -2.01. The lowest BCUT2D eigenvalue weighted by molar-refractivity contribution is 0.602. The molecule has 0 atom stereocenters. The molecule has 6 heteroatoms. The molecule has 1 aliphatic rings. The highest BCUT2D eigenvalue weighted by atomic mass is 32.2. The Labute approximate surface area is 124 Å². The van der Waals surface area contributed by atoms with Gasteiger partial charge in [-0.15, -0.1) is 0 Å². The van der Waals surface area contributed by atoms with Crippen molar-refractivity contribution in [1.29, 1.82) is 0 Å². The summed E-state index contributed by atoms with van der Waals surface area (Å²) in [4.78, 5) is 7.98. The van der Waals surface area contributed by atoms with Gasteiger partial charge in [-0.3, -0.25) is 0 Å². The third-order valence-corrected chi connectivity index (χ3v) is 4.72. The van der Waals surface area contributed by atoms with Crippen molar-refractivity contribution in [3.8, 4) is 11.3 Å². The van der Waals surface area contributed by atoms with E-state index in [1.165, 1.54) is 19.1 Å². The van der Waals surface area contributed by atoms with Gasteiger partial charge < -0.3 is 10.3 Å². The first-order chi connectivity index (χ1) is 10.0.